The fourth-order valence-corrected chi connectivity index (χ4v) is 6.44. The molecule has 0 spiro atoms. The molecule has 2 unspecified atom stereocenters. The highest BCUT2D eigenvalue weighted by Crippen LogP contribution is 2.32. The standard InChI is InChI=1S/C20H25N3O6S/c24-18(25)12-23-11-16(15-3-1-2-4-17(15)23)19(20(26)27)22-8-6-21(7-9-22)14-5-10-30(28,29)13-14/h1-4,11,14,19H,5-10,12-13H2,(H,24,25)(H,26,27). The number of fused-ring (bicyclic) bond motifs is 1. The van der Waals surface area contributed by atoms with Crippen LogP contribution in [0.5, 0.6) is 0 Å². The van der Waals surface area contributed by atoms with Gasteiger partial charge >= 0.3 is 11.9 Å². The number of para-hydroxylation sites is 1. The Hall–Kier alpha value is -2.43. The zero-order chi connectivity index (χ0) is 21.5. The van der Waals surface area contributed by atoms with Gasteiger partial charge in [-0.15, -0.1) is 0 Å². The minimum atomic E-state index is -2.96. The van der Waals surface area contributed by atoms with Crippen molar-refractivity contribution in [2.24, 2.45) is 0 Å². The summed E-state index contributed by atoms with van der Waals surface area (Å²) in [5.41, 5.74) is 1.27. The molecule has 2 fully saturated rings. The van der Waals surface area contributed by atoms with Gasteiger partial charge in [-0.1, -0.05) is 18.2 Å². The van der Waals surface area contributed by atoms with Crippen LogP contribution in [0.2, 0.25) is 0 Å². The molecule has 0 amide bonds. The van der Waals surface area contributed by atoms with Crippen molar-refractivity contribution in [2.45, 2.75) is 25.0 Å². The third-order valence-electron chi connectivity index (χ3n) is 6.09. The molecule has 162 valence electrons. The fraction of sp³-hybridized carbons (Fsp3) is 0.500. The highest BCUT2D eigenvalue weighted by molar-refractivity contribution is 7.91. The number of carbonyl (C=O) groups is 2. The van der Waals surface area contributed by atoms with Crippen molar-refractivity contribution in [3.8, 4) is 0 Å². The molecule has 2 saturated heterocycles. The first-order valence-corrected chi connectivity index (χ1v) is 11.8. The van der Waals surface area contributed by atoms with Gasteiger partial charge < -0.3 is 14.8 Å². The van der Waals surface area contributed by atoms with Crippen molar-refractivity contribution in [2.75, 3.05) is 37.7 Å². The summed E-state index contributed by atoms with van der Waals surface area (Å²) in [6, 6.07) is 6.35. The number of aromatic nitrogens is 1. The van der Waals surface area contributed by atoms with Crippen LogP contribution in [0.15, 0.2) is 30.5 Å². The number of hydrogen-bond donors (Lipinski definition) is 2. The molecule has 3 heterocycles. The van der Waals surface area contributed by atoms with E-state index < -0.39 is 27.8 Å². The smallest absolute Gasteiger partial charge is 0.325 e. The number of piperazine rings is 1. The van der Waals surface area contributed by atoms with Gasteiger partial charge in [-0.05, 0) is 12.5 Å². The van der Waals surface area contributed by atoms with Crippen molar-refractivity contribution in [1.29, 1.82) is 0 Å². The van der Waals surface area contributed by atoms with Crippen LogP contribution in [-0.2, 0) is 26.0 Å². The minimum absolute atomic E-state index is 0.0120. The largest absolute Gasteiger partial charge is 0.480 e. The van der Waals surface area contributed by atoms with Gasteiger partial charge in [0, 0.05) is 54.9 Å². The SMILES string of the molecule is O=C(O)Cn1cc(C(C(=O)O)N2CCN(C3CCS(=O)(=O)C3)CC2)c2ccccc21. The lowest BCUT2D eigenvalue weighted by Crippen LogP contribution is -2.52. The summed E-state index contributed by atoms with van der Waals surface area (Å²) in [5.74, 6) is -1.57. The Balaban J connectivity index is 1.57. The van der Waals surface area contributed by atoms with Crippen LogP contribution in [0.4, 0.5) is 0 Å². The summed E-state index contributed by atoms with van der Waals surface area (Å²) >= 11 is 0. The Bertz CT molecular complexity index is 1070. The molecule has 2 aliphatic heterocycles. The zero-order valence-electron chi connectivity index (χ0n) is 16.5. The predicted octanol–water partition coefficient (Wildman–Crippen LogP) is 0.656. The molecule has 2 N–H and O–H groups in total. The van der Waals surface area contributed by atoms with Crippen molar-refractivity contribution < 1.29 is 28.2 Å². The number of sulfone groups is 1. The average molecular weight is 436 g/mol. The fourth-order valence-electron chi connectivity index (χ4n) is 4.68. The lowest BCUT2D eigenvalue weighted by molar-refractivity contribution is -0.144. The summed E-state index contributed by atoms with van der Waals surface area (Å²) in [7, 11) is -2.96. The molecule has 2 atom stereocenters. The first-order chi connectivity index (χ1) is 14.2. The van der Waals surface area contributed by atoms with Crippen molar-refractivity contribution in [3.05, 3.63) is 36.0 Å². The van der Waals surface area contributed by atoms with Gasteiger partial charge in [-0.3, -0.25) is 19.4 Å². The summed E-state index contributed by atoms with van der Waals surface area (Å²) in [4.78, 5) is 27.5. The monoisotopic (exact) mass is 435 g/mol. The second kappa shape index (κ2) is 8.01. The van der Waals surface area contributed by atoms with Crippen LogP contribution in [0, 0.1) is 0 Å². The summed E-state index contributed by atoms with van der Waals surface area (Å²) in [6.07, 6.45) is 2.26. The first-order valence-electron chi connectivity index (χ1n) is 9.96. The number of carboxylic acid groups (broad SMARTS) is 2. The normalized spacial score (nSPS) is 23.5. The van der Waals surface area contributed by atoms with Crippen LogP contribution in [-0.4, -0.2) is 88.7 Å². The van der Waals surface area contributed by atoms with Gasteiger partial charge in [-0.2, -0.15) is 0 Å². The van der Waals surface area contributed by atoms with Crippen molar-refractivity contribution >= 4 is 32.7 Å². The summed E-state index contributed by atoms with van der Waals surface area (Å²) < 4.78 is 25.1. The van der Waals surface area contributed by atoms with Gasteiger partial charge in [0.1, 0.15) is 12.6 Å². The highest BCUT2D eigenvalue weighted by atomic mass is 32.2. The molecule has 9 nitrogen and oxygen atoms in total. The van der Waals surface area contributed by atoms with Gasteiger partial charge in [-0.25, -0.2) is 8.42 Å². The molecule has 4 rings (SSSR count). The quantitative estimate of drug-likeness (QED) is 0.679. The third kappa shape index (κ3) is 4.07. The highest BCUT2D eigenvalue weighted by Gasteiger charge is 2.37. The number of carboxylic acids is 2. The van der Waals surface area contributed by atoms with Crippen molar-refractivity contribution in [1.82, 2.24) is 14.4 Å². The third-order valence-corrected chi connectivity index (χ3v) is 7.84. The Labute approximate surface area is 174 Å². The van der Waals surface area contributed by atoms with Crippen LogP contribution < -0.4 is 0 Å². The topological polar surface area (TPSA) is 120 Å². The van der Waals surface area contributed by atoms with Gasteiger partial charge in [0.25, 0.3) is 0 Å². The summed E-state index contributed by atoms with van der Waals surface area (Å²) in [6.45, 7) is 1.99. The second-order valence-electron chi connectivity index (χ2n) is 7.99. The predicted molar refractivity (Wildman–Crippen MR) is 110 cm³/mol. The molecule has 0 bridgehead atoms. The molecule has 10 heteroatoms. The maximum Gasteiger partial charge on any atom is 0.325 e. The van der Waals surface area contributed by atoms with E-state index in [4.69, 9.17) is 0 Å². The van der Waals surface area contributed by atoms with E-state index in [1.165, 1.54) is 0 Å². The van der Waals surface area contributed by atoms with E-state index in [0.717, 1.165) is 5.39 Å². The molecule has 1 aromatic carbocycles. The molecule has 0 aliphatic carbocycles. The molecule has 2 aromatic rings. The minimum Gasteiger partial charge on any atom is -0.480 e. The number of aliphatic carboxylic acids is 2. The van der Waals surface area contributed by atoms with E-state index in [-0.39, 0.29) is 24.1 Å². The van der Waals surface area contributed by atoms with E-state index in [2.05, 4.69) is 4.90 Å². The summed E-state index contributed by atoms with van der Waals surface area (Å²) in [5, 5.41) is 20.0. The Morgan fingerprint density at radius 3 is 2.40 bits per heavy atom. The molecular weight excluding hydrogens is 410 g/mol. The van der Waals surface area contributed by atoms with E-state index in [9.17, 15) is 28.2 Å². The Kier molecular flexibility index (Phi) is 5.56. The van der Waals surface area contributed by atoms with Gasteiger partial charge in [0.05, 0.1) is 11.5 Å². The lowest BCUT2D eigenvalue weighted by atomic mass is 10.0. The Morgan fingerprint density at radius 2 is 1.80 bits per heavy atom. The molecule has 1 aromatic heterocycles. The maximum absolute atomic E-state index is 12.2. The van der Waals surface area contributed by atoms with E-state index in [1.807, 2.05) is 17.0 Å². The number of hydrogen-bond acceptors (Lipinski definition) is 6. The van der Waals surface area contributed by atoms with E-state index >= 15 is 0 Å². The molecule has 30 heavy (non-hydrogen) atoms. The molecule has 0 saturated carbocycles. The average Bonchev–Trinajstić information content (AvgIpc) is 3.23. The second-order valence-corrected chi connectivity index (χ2v) is 10.2. The molecule has 0 radical (unpaired) electrons. The van der Waals surface area contributed by atoms with Gasteiger partial charge in [0.15, 0.2) is 9.84 Å². The molecular formula is C20H25N3O6S. The zero-order valence-corrected chi connectivity index (χ0v) is 17.3. The molecule has 2 aliphatic rings. The van der Waals surface area contributed by atoms with Crippen LogP contribution >= 0.6 is 0 Å². The van der Waals surface area contributed by atoms with Crippen LogP contribution in [0.1, 0.15) is 18.0 Å². The Morgan fingerprint density at radius 1 is 1.10 bits per heavy atom. The van der Waals surface area contributed by atoms with Crippen LogP contribution in [0.3, 0.4) is 0 Å². The number of nitrogens with zero attached hydrogens (tertiary/aromatic N) is 3. The van der Waals surface area contributed by atoms with E-state index in [0.29, 0.717) is 43.7 Å². The van der Waals surface area contributed by atoms with Gasteiger partial charge in [0.2, 0.25) is 0 Å². The van der Waals surface area contributed by atoms with Crippen molar-refractivity contribution in [3.63, 3.8) is 0 Å². The lowest BCUT2D eigenvalue weighted by Gasteiger charge is -2.40. The number of benzene rings is 1. The number of rotatable bonds is 6. The maximum atomic E-state index is 12.2. The van der Waals surface area contributed by atoms with Crippen LogP contribution in [0.25, 0.3) is 10.9 Å². The first kappa shape index (κ1) is 20.8. The van der Waals surface area contributed by atoms with E-state index in [1.54, 1.807) is 22.9 Å².